The van der Waals surface area contributed by atoms with Gasteiger partial charge in [0.25, 0.3) is 11.8 Å². The lowest BCUT2D eigenvalue weighted by Crippen LogP contribution is -2.25. The molecule has 0 aliphatic carbocycles. The van der Waals surface area contributed by atoms with Crippen LogP contribution in [0.5, 0.6) is 0 Å². The maximum atomic E-state index is 12.3. The topological polar surface area (TPSA) is 89.3 Å². The summed E-state index contributed by atoms with van der Waals surface area (Å²) in [5.74, 6) is -2.00. The fourth-order valence-corrected chi connectivity index (χ4v) is 3.74. The second-order valence-corrected chi connectivity index (χ2v) is 7.18. The number of hydrogen-bond acceptors (Lipinski definition) is 4. The second-order valence-electron chi connectivity index (χ2n) is 6.13. The van der Waals surface area contributed by atoms with Crippen molar-refractivity contribution in [3.05, 3.63) is 77.4 Å². The third-order valence-corrected chi connectivity index (χ3v) is 5.08. The van der Waals surface area contributed by atoms with Crippen molar-refractivity contribution >= 4 is 33.9 Å². The lowest BCUT2D eigenvalue weighted by Gasteiger charge is -2.05. The minimum absolute atomic E-state index is 0.00364. The molecule has 0 fully saturated rings. The maximum absolute atomic E-state index is 12.3. The fourth-order valence-electron chi connectivity index (χ4n) is 2.67. The molecule has 0 saturated carbocycles. The largest absolute Gasteiger partial charge is 0.366 e. The summed E-state index contributed by atoms with van der Waals surface area (Å²) in [6.45, 7) is 1.92. The number of hydrogen-bond donors (Lipinski definition) is 2. The lowest BCUT2D eigenvalue weighted by atomic mass is 10.1. The van der Waals surface area contributed by atoms with E-state index in [2.05, 4.69) is 5.32 Å². The summed E-state index contributed by atoms with van der Waals surface area (Å²) in [4.78, 5) is 37.1. The molecule has 0 bridgehead atoms. The first-order valence-electron chi connectivity index (χ1n) is 8.33. The molecule has 0 aliphatic rings. The Morgan fingerprint density at radius 3 is 2.41 bits per heavy atom. The number of carbonyl (C=O) groups is 3. The van der Waals surface area contributed by atoms with E-state index in [1.54, 1.807) is 12.1 Å². The molecular formula is C21H18N2O3S. The molecule has 136 valence electrons. The van der Waals surface area contributed by atoms with Gasteiger partial charge in [-0.1, -0.05) is 60.2 Å². The summed E-state index contributed by atoms with van der Waals surface area (Å²) in [6, 6.07) is 18.5. The van der Waals surface area contributed by atoms with Gasteiger partial charge in [-0.3, -0.25) is 14.4 Å². The van der Waals surface area contributed by atoms with Gasteiger partial charge in [-0.15, -0.1) is 11.3 Å². The number of carbonyl (C=O) groups excluding carboxylic acids is 3. The Kier molecular flexibility index (Phi) is 5.47. The zero-order chi connectivity index (χ0) is 19.4. The third kappa shape index (κ3) is 4.48. The molecule has 27 heavy (non-hydrogen) atoms. The number of Topliss-reactive ketones (excluding diaryl/α,β-unsaturated/α-hetero) is 1. The van der Waals surface area contributed by atoms with Crippen molar-refractivity contribution in [1.82, 2.24) is 0 Å². The average molecular weight is 378 g/mol. The number of anilines is 1. The molecule has 2 amide bonds. The number of nitrogens with one attached hydrogen (secondary N) is 1. The van der Waals surface area contributed by atoms with Crippen molar-refractivity contribution in [3.63, 3.8) is 0 Å². The van der Waals surface area contributed by atoms with Crippen molar-refractivity contribution in [3.8, 4) is 10.4 Å². The van der Waals surface area contributed by atoms with Crippen molar-refractivity contribution in [2.45, 2.75) is 13.3 Å². The summed E-state index contributed by atoms with van der Waals surface area (Å²) in [6.07, 6.45) is -0.00364. The molecule has 3 rings (SSSR count). The van der Waals surface area contributed by atoms with Crippen molar-refractivity contribution in [2.75, 3.05) is 5.32 Å². The summed E-state index contributed by atoms with van der Waals surface area (Å²) >= 11 is 1.21. The van der Waals surface area contributed by atoms with E-state index in [1.165, 1.54) is 11.3 Å². The molecule has 0 spiro atoms. The second kappa shape index (κ2) is 7.97. The number of thiophene rings is 1. The molecule has 0 aliphatic heterocycles. The number of rotatable bonds is 6. The van der Waals surface area contributed by atoms with Gasteiger partial charge < -0.3 is 11.1 Å². The standard InChI is InChI=1S/C21H18N2O3S/c1-13-6-5-7-14(10-13)11-17(24)20(26)23-21-16(19(22)25)12-18(27-21)15-8-3-2-4-9-15/h2-10,12H,11H2,1H3,(H2,22,25)(H,23,26). The fraction of sp³-hybridized carbons (Fsp3) is 0.0952. The summed E-state index contributed by atoms with van der Waals surface area (Å²) in [5, 5.41) is 2.83. The van der Waals surface area contributed by atoms with Crippen molar-refractivity contribution in [1.29, 1.82) is 0 Å². The predicted molar refractivity (Wildman–Crippen MR) is 107 cm³/mol. The predicted octanol–water partition coefficient (Wildman–Crippen LogP) is 3.57. The van der Waals surface area contributed by atoms with Crippen LogP contribution in [0.1, 0.15) is 21.5 Å². The van der Waals surface area contributed by atoms with Gasteiger partial charge in [0.1, 0.15) is 5.00 Å². The van der Waals surface area contributed by atoms with E-state index in [0.29, 0.717) is 0 Å². The van der Waals surface area contributed by atoms with Crippen LogP contribution in [-0.2, 0) is 16.0 Å². The van der Waals surface area contributed by atoms with E-state index < -0.39 is 17.6 Å². The monoisotopic (exact) mass is 378 g/mol. The van der Waals surface area contributed by atoms with Crippen LogP contribution >= 0.6 is 11.3 Å². The van der Waals surface area contributed by atoms with Gasteiger partial charge in [0.2, 0.25) is 5.78 Å². The minimum Gasteiger partial charge on any atom is -0.366 e. The van der Waals surface area contributed by atoms with Crippen LogP contribution in [0.2, 0.25) is 0 Å². The Bertz CT molecular complexity index is 1010. The van der Waals surface area contributed by atoms with Crippen LogP contribution < -0.4 is 11.1 Å². The highest BCUT2D eigenvalue weighted by Crippen LogP contribution is 2.35. The molecule has 1 heterocycles. The first-order valence-corrected chi connectivity index (χ1v) is 9.14. The van der Waals surface area contributed by atoms with Gasteiger partial charge >= 0.3 is 0 Å². The van der Waals surface area contributed by atoms with Gasteiger partial charge in [0.05, 0.1) is 5.56 Å². The molecule has 3 aromatic rings. The van der Waals surface area contributed by atoms with Gasteiger partial charge in [-0.05, 0) is 24.1 Å². The van der Waals surface area contributed by atoms with Crippen LogP contribution in [0.25, 0.3) is 10.4 Å². The maximum Gasteiger partial charge on any atom is 0.292 e. The van der Waals surface area contributed by atoms with Gasteiger partial charge in [0.15, 0.2) is 0 Å². The lowest BCUT2D eigenvalue weighted by molar-refractivity contribution is -0.134. The smallest absolute Gasteiger partial charge is 0.292 e. The molecule has 5 nitrogen and oxygen atoms in total. The van der Waals surface area contributed by atoms with Crippen molar-refractivity contribution < 1.29 is 14.4 Å². The Morgan fingerprint density at radius 1 is 1.00 bits per heavy atom. The highest BCUT2D eigenvalue weighted by Gasteiger charge is 2.20. The molecule has 3 N–H and O–H groups in total. The van der Waals surface area contributed by atoms with Crippen LogP contribution in [0.4, 0.5) is 5.00 Å². The number of nitrogens with two attached hydrogens (primary N) is 1. The first-order chi connectivity index (χ1) is 12.9. The molecule has 0 radical (unpaired) electrons. The molecule has 6 heteroatoms. The normalized spacial score (nSPS) is 10.4. The minimum atomic E-state index is -0.763. The zero-order valence-corrected chi connectivity index (χ0v) is 15.5. The van der Waals surface area contributed by atoms with Crippen LogP contribution in [-0.4, -0.2) is 17.6 Å². The summed E-state index contributed by atoms with van der Waals surface area (Å²) in [7, 11) is 0. The van der Waals surface area contributed by atoms with E-state index in [9.17, 15) is 14.4 Å². The Balaban J connectivity index is 1.79. The third-order valence-electron chi connectivity index (χ3n) is 3.98. The van der Waals surface area contributed by atoms with Gasteiger partial charge in [0, 0.05) is 11.3 Å². The Hall–Kier alpha value is -3.25. The summed E-state index contributed by atoms with van der Waals surface area (Å²) < 4.78 is 0. The summed E-state index contributed by atoms with van der Waals surface area (Å²) in [5.41, 5.74) is 8.30. The molecule has 1 aromatic heterocycles. The SMILES string of the molecule is Cc1cccc(CC(=O)C(=O)Nc2sc(-c3ccccc3)cc2C(N)=O)c1. The van der Waals surface area contributed by atoms with E-state index in [1.807, 2.05) is 55.5 Å². The Labute approximate surface area is 160 Å². The number of amides is 2. The first kappa shape index (κ1) is 18.5. The number of ketones is 1. The molecule has 0 atom stereocenters. The van der Waals surface area contributed by atoms with Crippen LogP contribution in [0.3, 0.4) is 0 Å². The van der Waals surface area contributed by atoms with Gasteiger partial charge in [-0.2, -0.15) is 0 Å². The highest BCUT2D eigenvalue weighted by molar-refractivity contribution is 7.20. The van der Waals surface area contributed by atoms with E-state index >= 15 is 0 Å². The number of benzene rings is 2. The van der Waals surface area contributed by atoms with Gasteiger partial charge in [-0.25, -0.2) is 0 Å². The highest BCUT2D eigenvalue weighted by atomic mass is 32.1. The number of primary amides is 1. The van der Waals surface area contributed by atoms with E-state index in [4.69, 9.17) is 5.73 Å². The quantitative estimate of drug-likeness (QED) is 0.643. The molecule has 0 saturated heterocycles. The van der Waals surface area contributed by atoms with E-state index in [0.717, 1.165) is 21.6 Å². The average Bonchev–Trinajstić information content (AvgIpc) is 3.06. The molecular weight excluding hydrogens is 360 g/mol. The number of aryl methyl sites for hydroxylation is 1. The zero-order valence-electron chi connectivity index (χ0n) is 14.7. The Morgan fingerprint density at radius 2 is 1.74 bits per heavy atom. The van der Waals surface area contributed by atoms with Crippen molar-refractivity contribution in [2.24, 2.45) is 5.73 Å². The van der Waals surface area contributed by atoms with Crippen LogP contribution in [0, 0.1) is 6.92 Å². The van der Waals surface area contributed by atoms with E-state index in [-0.39, 0.29) is 17.0 Å². The van der Waals surface area contributed by atoms with Crippen LogP contribution in [0.15, 0.2) is 60.7 Å². The molecule has 2 aromatic carbocycles. The molecule has 0 unspecified atom stereocenters.